The highest BCUT2D eigenvalue weighted by Gasteiger charge is 2.17. The number of carboxylic acid groups (broad SMARTS) is 2. The molecule has 0 saturated heterocycles. The Balaban J connectivity index is 1.20. The van der Waals surface area contributed by atoms with Gasteiger partial charge in [0.15, 0.2) is 0 Å². The van der Waals surface area contributed by atoms with E-state index in [1.54, 1.807) is 48.5 Å². The van der Waals surface area contributed by atoms with Crippen molar-refractivity contribution in [2.24, 2.45) is 0 Å². The number of hydrogen-bond acceptors (Lipinski definition) is 5. The summed E-state index contributed by atoms with van der Waals surface area (Å²) in [5, 5.41) is 21.3. The minimum absolute atomic E-state index is 0.124. The number of carbonyl (C=O) groups is 2. The first-order valence-electron chi connectivity index (χ1n) is 19.1. The van der Waals surface area contributed by atoms with Gasteiger partial charge in [0, 0.05) is 21.9 Å². The summed E-state index contributed by atoms with van der Waals surface area (Å²) >= 11 is 0. The van der Waals surface area contributed by atoms with Crippen molar-refractivity contribution in [3.05, 3.63) is 119 Å². The van der Waals surface area contributed by atoms with Crippen molar-refractivity contribution < 1.29 is 24.5 Å². The molecular formula is C46H48N2O5. The van der Waals surface area contributed by atoms with Gasteiger partial charge in [-0.1, -0.05) is 114 Å². The molecule has 0 radical (unpaired) electrons. The molecule has 0 spiro atoms. The van der Waals surface area contributed by atoms with Crippen molar-refractivity contribution >= 4 is 33.7 Å². The van der Waals surface area contributed by atoms with E-state index in [0.29, 0.717) is 44.7 Å². The molecule has 7 nitrogen and oxygen atoms in total. The van der Waals surface area contributed by atoms with Crippen LogP contribution in [-0.4, -0.2) is 32.1 Å². The number of aromatic carboxylic acids is 2. The molecule has 0 aliphatic rings. The third-order valence-electron chi connectivity index (χ3n) is 9.89. The molecule has 6 rings (SSSR count). The van der Waals surface area contributed by atoms with Crippen LogP contribution in [0.5, 0.6) is 11.5 Å². The van der Waals surface area contributed by atoms with Crippen molar-refractivity contribution in [3.63, 3.8) is 0 Å². The maximum Gasteiger partial charge on any atom is 0.336 e. The highest BCUT2D eigenvalue weighted by Crippen LogP contribution is 2.33. The lowest BCUT2D eigenvalue weighted by molar-refractivity contribution is 0.0688. The van der Waals surface area contributed by atoms with Crippen LogP contribution in [0.2, 0.25) is 0 Å². The third kappa shape index (κ3) is 9.46. The van der Waals surface area contributed by atoms with E-state index in [1.807, 2.05) is 24.3 Å². The lowest BCUT2D eigenvalue weighted by atomic mass is 10.0. The molecule has 272 valence electrons. The average molecular weight is 709 g/mol. The zero-order valence-corrected chi connectivity index (χ0v) is 30.7. The molecule has 4 aromatic carbocycles. The van der Waals surface area contributed by atoms with E-state index in [0.717, 1.165) is 36.8 Å². The molecule has 0 unspecified atom stereocenters. The summed E-state index contributed by atoms with van der Waals surface area (Å²) in [7, 11) is 0. The molecule has 7 heteroatoms. The zero-order valence-electron chi connectivity index (χ0n) is 30.7. The SMILES string of the molecule is CCCCCCCc1ccc(-c2cc(C(=O)O)c3cc(Oc4ccc5nc(-c6ccc(CCCCCCC)cc6)cc(C(=O)O)c5c4)ccc3n2)cc1. The number of aromatic nitrogens is 2. The van der Waals surface area contributed by atoms with E-state index in [1.165, 1.54) is 62.5 Å². The molecule has 2 heterocycles. The second-order valence-corrected chi connectivity index (χ2v) is 13.9. The number of aryl methyl sites for hydroxylation is 2. The van der Waals surface area contributed by atoms with Gasteiger partial charge in [-0.15, -0.1) is 0 Å². The van der Waals surface area contributed by atoms with Gasteiger partial charge in [0.1, 0.15) is 11.5 Å². The van der Waals surface area contributed by atoms with E-state index >= 15 is 0 Å². The second-order valence-electron chi connectivity index (χ2n) is 13.9. The minimum atomic E-state index is -1.06. The molecule has 2 N–H and O–H groups in total. The maximum absolute atomic E-state index is 12.5. The molecule has 0 aliphatic carbocycles. The van der Waals surface area contributed by atoms with Crippen molar-refractivity contribution in [2.45, 2.75) is 90.9 Å². The Kier molecular flexibility index (Phi) is 12.5. The molecule has 0 amide bonds. The molecule has 0 atom stereocenters. The predicted molar refractivity (Wildman–Crippen MR) is 213 cm³/mol. The van der Waals surface area contributed by atoms with Crippen LogP contribution in [0.4, 0.5) is 0 Å². The van der Waals surface area contributed by atoms with Crippen LogP contribution in [0, 0.1) is 0 Å². The third-order valence-corrected chi connectivity index (χ3v) is 9.89. The van der Waals surface area contributed by atoms with Crippen LogP contribution in [0.3, 0.4) is 0 Å². The number of pyridine rings is 2. The molecule has 0 bridgehead atoms. The molecule has 6 aromatic rings. The summed E-state index contributed by atoms with van der Waals surface area (Å²) in [6.07, 6.45) is 14.4. The zero-order chi connectivity index (χ0) is 37.2. The quantitative estimate of drug-likeness (QED) is 0.0855. The highest BCUT2D eigenvalue weighted by molar-refractivity contribution is 6.05. The van der Waals surface area contributed by atoms with E-state index in [-0.39, 0.29) is 11.1 Å². The number of benzene rings is 4. The van der Waals surface area contributed by atoms with Gasteiger partial charge in [-0.2, -0.15) is 0 Å². The lowest BCUT2D eigenvalue weighted by Gasteiger charge is -2.12. The van der Waals surface area contributed by atoms with Gasteiger partial charge in [-0.25, -0.2) is 19.6 Å². The van der Waals surface area contributed by atoms with Crippen LogP contribution in [0.1, 0.15) is 110 Å². The van der Waals surface area contributed by atoms with Crippen molar-refractivity contribution in [1.82, 2.24) is 9.97 Å². The molecule has 0 fully saturated rings. The van der Waals surface area contributed by atoms with Crippen LogP contribution in [0.15, 0.2) is 97.1 Å². The smallest absolute Gasteiger partial charge is 0.336 e. The Hall–Kier alpha value is -5.56. The summed E-state index contributed by atoms with van der Waals surface area (Å²) in [4.78, 5) is 34.5. The van der Waals surface area contributed by atoms with Gasteiger partial charge in [-0.3, -0.25) is 0 Å². The fourth-order valence-electron chi connectivity index (χ4n) is 6.87. The Morgan fingerprint density at radius 1 is 0.509 bits per heavy atom. The Morgan fingerprint density at radius 2 is 0.906 bits per heavy atom. The first-order chi connectivity index (χ1) is 25.8. The van der Waals surface area contributed by atoms with Crippen molar-refractivity contribution in [2.75, 3.05) is 0 Å². The van der Waals surface area contributed by atoms with E-state index in [4.69, 9.17) is 14.7 Å². The summed E-state index contributed by atoms with van der Waals surface area (Å²) in [6.45, 7) is 4.44. The first kappa shape index (κ1) is 37.2. The fraction of sp³-hybridized carbons (Fsp3) is 0.304. The standard InChI is InChI=1S/C46H48N2O5/c1-3-5-7-9-11-13-31-15-19-33(20-16-31)43-29-39(45(49)50)37-27-35(23-25-41(37)47-43)53-36-24-26-42-38(28-36)40(46(51)52)30-44(48-42)34-21-17-32(18-22-34)14-12-10-8-6-4-2/h15-30H,3-14H2,1-2H3,(H,49,50)(H,51,52). The fourth-order valence-corrected chi connectivity index (χ4v) is 6.87. The van der Waals surface area contributed by atoms with E-state index in [2.05, 4.69) is 38.1 Å². The molecule has 0 saturated carbocycles. The minimum Gasteiger partial charge on any atom is -0.478 e. The van der Waals surface area contributed by atoms with Crippen LogP contribution >= 0.6 is 0 Å². The molecule has 0 aliphatic heterocycles. The van der Waals surface area contributed by atoms with E-state index < -0.39 is 11.9 Å². The maximum atomic E-state index is 12.5. The van der Waals surface area contributed by atoms with E-state index in [9.17, 15) is 19.8 Å². The van der Waals surface area contributed by atoms with Gasteiger partial charge >= 0.3 is 11.9 Å². The highest BCUT2D eigenvalue weighted by atomic mass is 16.5. The number of ether oxygens (including phenoxy) is 1. The number of fused-ring (bicyclic) bond motifs is 2. The van der Waals surface area contributed by atoms with Crippen molar-refractivity contribution in [3.8, 4) is 34.0 Å². The van der Waals surface area contributed by atoms with Crippen LogP contribution in [0.25, 0.3) is 44.3 Å². The Morgan fingerprint density at radius 3 is 1.28 bits per heavy atom. The summed E-state index contributed by atoms with van der Waals surface area (Å²) in [5.41, 5.74) is 6.75. The van der Waals surface area contributed by atoms with Gasteiger partial charge in [-0.05, 0) is 85.3 Å². The topological polar surface area (TPSA) is 110 Å². The normalized spacial score (nSPS) is 11.3. The summed E-state index contributed by atoms with van der Waals surface area (Å²) in [6, 6.07) is 30.0. The number of unbranched alkanes of at least 4 members (excludes halogenated alkanes) is 8. The molecule has 2 aromatic heterocycles. The average Bonchev–Trinajstić information content (AvgIpc) is 3.17. The van der Waals surface area contributed by atoms with Crippen LogP contribution < -0.4 is 4.74 Å². The number of carboxylic acids is 2. The number of rotatable bonds is 18. The summed E-state index contributed by atoms with van der Waals surface area (Å²) in [5.74, 6) is -1.31. The molecule has 53 heavy (non-hydrogen) atoms. The van der Waals surface area contributed by atoms with Gasteiger partial charge in [0.2, 0.25) is 0 Å². The lowest BCUT2D eigenvalue weighted by Crippen LogP contribution is -2.01. The number of nitrogens with zero attached hydrogens (tertiary/aromatic N) is 2. The van der Waals surface area contributed by atoms with Crippen LogP contribution in [-0.2, 0) is 12.8 Å². The number of hydrogen-bond donors (Lipinski definition) is 2. The second kappa shape index (κ2) is 17.8. The first-order valence-corrected chi connectivity index (χ1v) is 19.1. The summed E-state index contributed by atoms with van der Waals surface area (Å²) < 4.78 is 6.19. The van der Waals surface area contributed by atoms with Gasteiger partial charge in [0.05, 0.1) is 33.5 Å². The monoisotopic (exact) mass is 708 g/mol. The Bertz CT molecular complexity index is 2040. The molecular weight excluding hydrogens is 661 g/mol. The van der Waals surface area contributed by atoms with Gasteiger partial charge in [0.25, 0.3) is 0 Å². The van der Waals surface area contributed by atoms with Crippen molar-refractivity contribution in [1.29, 1.82) is 0 Å². The Labute approximate surface area is 311 Å². The largest absolute Gasteiger partial charge is 0.478 e. The predicted octanol–water partition coefficient (Wildman–Crippen LogP) is 12.3. The van der Waals surface area contributed by atoms with Gasteiger partial charge < -0.3 is 14.9 Å².